The highest BCUT2D eigenvalue weighted by Gasteiger charge is 2.24. The largest absolute Gasteiger partial charge is 0.468 e. The van der Waals surface area contributed by atoms with Crippen LogP contribution in [0.4, 0.5) is 0 Å². The van der Waals surface area contributed by atoms with Crippen molar-refractivity contribution in [2.75, 3.05) is 26.2 Å². The van der Waals surface area contributed by atoms with E-state index in [1.807, 2.05) is 18.2 Å². The van der Waals surface area contributed by atoms with Crippen LogP contribution >= 0.6 is 0 Å². The molecule has 1 aliphatic rings. The first-order valence-corrected chi connectivity index (χ1v) is 8.10. The number of likely N-dealkylation sites (tertiary alicyclic amines) is 1. The van der Waals surface area contributed by atoms with E-state index in [-0.39, 0.29) is 12.6 Å². The molecule has 2 rings (SSSR count). The molecule has 0 unspecified atom stereocenters. The number of furan rings is 1. The number of aliphatic imine (C=N–C) groups is 1. The second kappa shape index (κ2) is 9.11. The van der Waals surface area contributed by atoms with Crippen molar-refractivity contribution in [3.63, 3.8) is 0 Å². The monoisotopic (exact) mass is 317 g/mol. The van der Waals surface area contributed by atoms with E-state index in [0.717, 1.165) is 18.8 Å². The number of piperidine rings is 1. The summed E-state index contributed by atoms with van der Waals surface area (Å²) in [4.78, 5) is 18.3. The maximum Gasteiger partial charge on any atom is 0.328 e. The van der Waals surface area contributed by atoms with E-state index in [4.69, 9.17) is 14.4 Å². The Hall–Kier alpha value is -2.13. The smallest absolute Gasteiger partial charge is 0.328 e. The van der Waals surface area contributed by atoms with Crippen LogP contribution in [0.25, 0.3) is 0 Å². The molecule has 0 spiro atoms. The molecule has 0 aromatic carbocycles. The Morgan fingerprint density at radius 2 is 2.30 bits per heavy atom. The van der Waals surface area contributed by atoms with Crippen LogP contribution in [0.5, 0.6) is 0 Å². The van der Waals surface area contributed by atoms with Crippen LogP contribution in [0.1, 0.15) is 38.0 Å². The highest BCUT2D eigenvalue weighted by Crippen LogP contribution is 2.25. The van der Waals surface area contributed by atoms with Gasteiger partial charge in [0.2, 0.25) is 0 Å². The van der Waals surface area contributed by atoms with Gasteiger partial charge in [0.15, 0.2) is 5.92 Å². The predicted molar refractivity (Wildman–Crippen MR) is 86.0 cm³/mol. The SMILES string of the molecule is CCOC(=O)[C@H](C#N)C=NC[C@H](c1ccco1)N1CCCCC1. The van der Waals surface area contributed by atoms with Gasteiger partial charge in [-0.15, -0.1) is 0 Å². The van der Waals surface area contributed by atoms with Crippen molar-refractivity contribution in [3.8, 4) is 6.07 Å². The Balaban J connectivity index is 2.01. The quantitative estimate of drug-likeness (QED) is 0.570. The molecule has 1 aliphatic heterocycles. The highest BCUT2D eigenvalue weighted by molar-refractivity contribution is 5.92. The Bertz CT molecular complexity index is 542. The first-order valence-electron chi connectivity index (χ1n) is 8.10. The Morgan fingerprint density at radius 3 is 2.91 bits per heavy atom. The number of rotatable bonds is 7. The highest BCUT2D eigenvalue weighted by atomic mass is 16.5. The van der Waals surface area contributed by atoms with Gasteiger partial charge in [-0.1, -0.05) is 6.42 Å². The number of ether oxygens (including phenoxy) is 1. The lowest BCUT2D eigenvalue weighted by molar-refractivity contribution is -0.143. The molecule has 2 atom stereocenters. The standard InChI is InChI=1S/C17H23N3O3/c1-2-22-17(21)14(11-18)12-19-13-15(16-7-6-10-23-16)20-8-4-3-5-9-20/h6-7,10,12,14-15H,2-5,8-9,13H2,1H3/t14-,15-/m1/s1. The van der Waals surface area contributed by atoms with E-state index in [0.29, 0.717) is 6.54 Å². The third-order valence-electron chi connectivity index (χ3n) is 3.92. The number of nitrogens with zero attached hydrogens (tertiary/aromatic N) is 3. The Labute approximate surface area is 136 Å². The van der Waals surface area contributed by atoms with Crippen molar-refractivity contribution >= 4 is 12.2 Å². The van der Waals surface area contributed by atoms with Gasteiger partial charge in [0.05, 0.1) is 31.5 Å². The van der Waals surface area contributed by atoms with Crippen molar-refractivity contribution in [1.29, 1.82) is 5.26 Å². The maximum atomic E-state index is 11.6. The van der Waals surface area contributed by atoms with Gasteiger partial charge in [0.1, 0.15) is 5.76 Å². The van der Waals surface area contributed by atoms with Crippen LogP contribution in [-0.2, 0) is 9.53 Å². The number of esters is 1. The van der Waals surface area contributed by atoms with Crippen molar-refractivity contribution < 1.29 is 13.9 Å². The fraction of sp³-hybridized carbons (Fsp3) is 0.588. The van der Waals surface area contributed by atoms with Gasteiger partial charge in [-0.2, -0.15) is 5.26 Å². The van der Waals surface area contributed by atoms with Crippen molar-refractivity contribution in [2.45, 2.75) is 32.2 Å². The second-order valence-electron chi connectivity index (χ2n) is 5.50. The van der Waals surface area contributed by atoms with E-state index in [2.05, 4.69) is 9.89 Å². The van der Waals surface area contributed by atoms with Crippen LogP contribution in [0, 0.1) is 17.2 Å². The summed E-state index contributed by atoms with van der Waals surface area (Å²) in [5.41, 5.74) is 0. The summed E-state index contributed by atoms with van der Waals surface area (Å²) in [7, 11) is 0. The van der Waals surface area contributed by atoms with Gasteiger partial charge >= 0.3 is 5.97 Å². The Kier molecular flexibility index (Phi) is 6.82. The lowest BCUT2D eigenvalue weighted by Crippen LogP contribution is -2.35. The topological polar surface area (TPSA) is 78.8 Å². The zero-order chi connectivity index (χ0) is 16.5. The van der Waals surface area contributed by atoms with E-state index in [9.17, 15) is 4.79 Å². The van der Waals surface area contributed by atoms with E-state index in [1.165, 1.54) is 25.5 Å². The molecular formula is C17H23N3O3. The number of carbonyl (C=O) groups excluding carboxylic acids is 1. The van der Waals surface area contributed by atoms with Crippen LogP contribution in [0.15, 0.2) is 27.8 Å². The summed E-state index contributed by atoms with van der Waals surface area (Å²) in [5.74, 6) is -0.631. The van der Waals surface area contributed by atoms with Crippen molar-refractivity contribution in [1.82, 2.24) is 4.90 Å². The van der Waals surface area contributed by atoms with Gasteiger partial charge < -0.3 is 9.15 Å². The molecular weight excluding hydrogens is 294 g/mol. The number of carbonyl (C=O) groups is 1. The molecule has 1 aromatic heterocycles. The molecule has 1 saturated heterocycles. The summed E-state index contributed by atoms with van der Waals surface area (Å²) < 4.78 is 10.4. The number of hydrogen-bond acceptors (Lipinski definition) is 6. The maximum absolute atomic E-state index is 11.6. The minimum atomic E-state index is -0.950. The molecule has 23 heavy (non-hydrogen) atoms. The molecule has 6 heteroatoms. The van der Waals surface area contributed by atoms with Crippen LogP contribution in [0.3, 0.4) is 0 Å². The first-order chi connectivity index (χ1) is 11.3. The molecule has 0 N–H and O–H groups in total. The molecule has 6 nitrogen and oxygen atoms in total. The predicted octanol–water partition coefficient (Wildman–Crippen LogP) is 2.58. The van der Waals surface area contributed by atoms with Crippen LogP contribution in [-0.4, -0.2) is 43.3 Å². The number of hydrogen-bond donors (Lipinski definition) is 0. The summed E-state index contributed by atoms with van der Waals surface area (Å²) in [6.45, 7) is 4.46. The molecule has 0 bridgehead atoms. The molecule has 124 valence electrons. The second-order valence-corrected chi connectivity index (χ2v) is 5.50. The number of nitriles is 1. The molecule has 0 aliphatic carbocycles. The summed E-state index contributed by atoms with van der Waals surface area (Å²) in [6.07, 6.45) is 6.64. The normalized spacial score (nSPS) is 18.4. The molecule has 2 heterocycles. The van der Waals surface area contributed by atoms with E-state index >= 15 is 0 Å². The van der Waals surface area contributed by atoms with Gasteiger partial charge in [0.25, 0.3) is 0 Å². The third kappa shape index (κ3) is 4.93. The first kappa shape index (κ1) is 17.2. The van der Waals surface area contributed by atoms with Crippen molar-refractivity contribution in [3.05, 3.63) is 24.2 Å². The van der Waals surface area contributed by atoms with E-state index < -0.39 is 11.9 Å². The fourth-order valence-corrected chi connectivity index (χ4v) is 2.74. The third-order valence-corrected chi connectivity index (χ3v) is 3.92. The van der Waals surface area contributed by atoms with Crippen LogP contribution in [0.2, 0.25) is 0 Å². The van der Waals surface area contributed by atoms with Gasteiger partial charge in [-0.05, 0) is 45.0 Å². The van der Waals surface area contributed by atoms with E-state index in [1.54, 1.807) is 13.2 Å². The molecule has 0 amide bonds. The molecule has 0 saturated carbocycles. The molecule has 0 radical (unpaired) electrons. The zero-order valence-corrected chi connectivity index (χ0v) is 13.5. The Morgan fingerprint density at radius 1 is 1.52 bits per heavy atom. The van der Waals surface area contributed by atoms with Gasteiger partial charge in [-0.3, -0.25) is 14.7 Å². The lowest BCUT2D eigenvalue weighted by Gasteiger charge is -2.32. The molecule has 1 fully saturated rings. The summed E-state index contributed by atoms with van der Waals surface area (Å²) in [6, 6.07) is 5.77. The van der Waals surface area contributed by atoms with Gasteiger partial charge in [-0.25, -0.2) is 0 Å². The average molecular weight is 317 g/mol. The lowest BCUT2D eigenvalue weighted by atomic mass is 10.1. The minimum Gasteiger partial charge on any atom is -0.468 e. The van der Waals surface area contributed by atoms with Crippen molar-refractivity contribution in [2.24, 2.45) is 10.9 Å². The zero-order valence-electron chi connectivity index (χ0n) is 13.5. The summed E-state index contributed by atoms with van der Waals surface area (Å²) in [5, 5.41) is 9.05. The van der Waals surface area contributed by atoms with Crippen LogP contribution < -0.4 is 0 Å². The molecule has 1 aromatic rings. The average Bonchev–Trinajstić information content (AvgIpc) is 3.10. The van der Waals surface area contributed by atoms with Gasteiger partial charge in [0, 0.05) is 6.21 Å². The minimum absolute atomic E-state index is 0.0445. The summed E-state index contributed by atoms with van der Waals surface area (Å²) >= 11 is 0. The fourth-order valence-electron chi connectivity index (χ4n) is 2.74.